The second-order valence-electron chi connectivity index (χ2n) is 4.58. The Hall–Kier alpha value is -2.66. The molecular formula is C13H15BrN6O4. The Labute approximate surface area is 145 Å². The number of fused-ring (bicyclic) bond motifs is 1. The predicted molar refractivity (Wildman–Crippen MR) is 89.2 cm³/mol. The highest BCUT2D eigenvalue weighted by Gasteiger charge is 2.20. The van der Waals surface area contributed by atoms with Gasteiger partial charge in [0.25, 0.3) is 0 Å². The maximum absolute atomic E-state index is 11.9. The number of pyridine rings is 1. The molecule has 2 aromatic rings. The number of carbonyl (C=O) groups excluding carboxylic acids is 2. The van der Waals surface area contributed by atoms with Crippen molar-refractivity contribution in [2.45, 2.75) is 6.92 Å². The molecule has 0 bridgehead atoms. The normalized spacial score (nSPS) is 11.4. The molecule has 0 unspecified atom stereocenters. The van der Waals surface area contributed by atoms with E-state index >= 15 is 0 Å². The SMILES string of the molecule is COC(=O)c1cc(N(N)/C(COC(C)=O)=N\N)c2ncc(Br)n2c1. The standard InChI is InChI=1S/C13H15BrN6O4/c1-7(21)24-6-11(18-15)20(16)9-3-8(13(22)23-2)5-19-10(14)4-17-12(9)19/h3-5H,6,15-16H2,1-2H3/b18-11-. The molecule has 128 valence electrons. The molecule has 0 atom stereocenters. The summed E-state index contributed by atoms with van der Waals surface area (Å²) < 4.78 is 11.8. The fourth-order valence-electron chi connectivity index (χ4n) is 1.92. The van der Waals surface area contributed by atoms with E-state index in [4.69, 9.17) is 21.2 Å². The van der Waals surface area contributed by atoms with Crippen molar-refractivity contribution in [3.8, 4) is 0 Å². The quantitative estimate of drug-likeness (QED) is 0.248. The lowest BCUT2D eigenvalue weighted by Crippen LogP contribution is -2.41. The lowest BCUT2D eigenvalue weighted by Gasteiger charge is -2.20. The molecule has 0 amide bonds. The van der Waals surface area contributed by atoms with E-state index in [1.54, 1.807) is 16.8 Å². The number of nitrogens with zero attached hydrogens (tertiary/aromatic N) is 4. The Kier molecular flexibility index (Phi) is 5.36. The van der Waals surface area contributed by atoms with Gasteiger partial charge in [-0.1, -0.05) is 0 Å². The number of imidazole rings is 1. The van der Waals surface area contributed by atoms with Crippen molar-refractivity contribution in [2.24, 2.45) is 16.8 Å². The van der Waals surface area contributed by atoms with Crippen molar-refractivity contribution in [2.75, 3.05) is 18.7 Å². The van der Waals surface area contributed by atoms with E-state index in [-0.39, 0.29) is 18.0 Å². The number of halogens is 1. The van der Waals surface area contributed by atoms with Gasteiger partial charge in [-0.3, -0.25) is 14.2 Å². The van der Waals surface area contributed by atoms with E-state index in [1.165, 1.54) is 20.1 Å². The second-order valence-corrected chi connectivity index (χ2v) is 5.39. The molecule has 0 saturated heterocycles. The largest absolute Gasteiger partial charge is 0.465 e. The third-order valence-electron chi connectivity index (χ3n) is 3.05. The molecule has 0 aliphatic heterocycles. The predicted octanol–water partition coefficient (Wildman–Crippen LogP) is 0.399. The third-order valence-corrected chi connectivity index (χ3v) is 3.64. The van der Waals surface area contributed by atoms with Crippen LogP contribution in [0.3, 0.4) is 0 Å². The van der Waals surface area contributed by atoms with Crippen molar-refractivity contribution < 1.29 is 19.1 Å². The van der Waals surface area contributed by atoms with Crippen LogP contribution in [0.2, 0.25) is 0 Å². The molecule has 2 rings (SSSR count). The number of methoxy groups -OCH3 is 1. The number of ether oxygens (including phenoxy) is 2. The number of esters is 2. The maximum atomic E-state index is 11.9. The Morgan fingerprint density at radius 1 is 1.50 bits per heavy atom. The summed E-state index contributed by atoms with van der Waals surface area (Å²) in [6.45, 7) is 1.01. The van der Waals surface area contributed by atoms with Gasteiger partial charge in [-0.05, 0) is 22.0 Å². The van der Waals surface area contributed by atoms with Crippen LogP contribution < -0.4 is 16.7 Å². The van der Waals surface area contributed by atoms with Crippen LogP contribution in [0.5, 0.6) is 0 Å². The van der Waals surface area contributed by atoms with Gasteiger partial charge in [-0.25, -0.2) is 15.6 Å². The lowest BCUT2D eigenvalue weighted by molar-refractivity contribution is -0.139. The minimum Gasteiger partial charge on any atom is -0.465 e. The zero-order chi connectivity index (χ0) is 17.9. The van der Waals surface area contributed by atoms with Gasteiger partial charge >= 0.3 is 11.9 Å². The number of amidine groups is 1. The molecule has 2 aromatic heterocycles. The monoisotopic (exact) mass is 398 g/mol. The molecule has 0 radical (unpaired) electrons. The van der Waals surface area contributed by atoms with E-state index in [1.807, 2.05) is 0 Å². The number of rotatable bonds is 4. The fraction of sp³-hybridized carbons (Fsp3) is 0.231. The van der Waals surface area contributed by atoms with E-state index in [2.05, 4.69) is 26.0 Å². The fourth-order valence-corrected chi connectivity index (χ4v) is 2.29. The summed E-state index contributed by atoms with van der Waals surface area (Å²) in [6, 6.07) is 1.47. The number of aromatic nitrogens is 2. The van der Waals surface area contributed by atoms with Gasteiger partial charge in [0.1, 0.15) is 10.3 Å². The molecule has 0 fully saturated rings. The van der Waals surface area contributed by atoms with E-state index in [0.29, 0.717) is 15.9 Å². The molecule has 10 nitrogen and oxygen atoms in total. The van der Waals surface area contributed by atoms with Crippen LogP contribution in [0.15, 0.2) is 28.2 Å². The first kappa shape index (κ1) is 17.7. The topological polar surface area (TPSA) is 138 Å². The van der Waals surface area contributed by atoms with Crippen molar-refractivity contribution in [3.05, 3.63) is 28.6 Å². The first-order valence-electron chi connectivity index (χ1n) is 6.59. The number of hydrogen-bond acceptors (Lipinski definition) is 8. The van der Waals surface area contributed by atoms with E-state index in [9.17, 15) is 9.59 Å². The van der Waals surface area contributed by atoms with Crippen LogP contribution in [-0.4, -0.2) is 40.9 Å². The summed E-state index contributed by atoms with van der Waals surface area (Å²) >= 11 is 3.32. The van der Waals surface area contributed by atoms with Crippen molar-refractivity contribution in [1.82, 2.24) is 9.38 Å². The van der Waals surface area contributed by atoms with Gasteiger partial charge in [0.2, 0.25) is 0 Å². The zero-order valence-corrected chi connectivity index (χ0v) is 14.5. The van der Waals surface area contributed by atoms with Gasteiger partial charge in [0.05, 0.1) is 18.9 Å². The van der Waals surface area contributed by atoms with Gasteiger partial charge in [-0.2, -0.15) is 5.10 Å². The number of anilines is 1. The Morgan fingerprint density at radius 3 is 2.79 bits per heavy atom. The summed E-state index contributed by atoms with van der Waals surface area (Å²) in [5.74, 6) is 10.3. The Morgan fingerprint density at radius 2 is 2.21 bits per heavy atom. The van der Waals surface area contributed by atoms with E-state index in [0.717, 1.165) is 5.01 Å². The molecule has 24 heavy (non-hydrogen) atoms. The summed E-state index contributed by atoms with van der Waals surface area (Å²) in [7, 11) is 1.27. The van der Waals surface area contributed by atoms with Gasteiger partial charge < -0.3 is 15.3 Å². The maximum Gasteiger partial charge on any atom is 0.339 e. The molecule has 4 N–H and O–H groups in total. The molecule has 0 aromatic carbocycles. The number of nitrogens with two attached hydrogens (primary N) is 2. The molecule has 11 heteroatoms. The highest BCUT2D eigenvalue weighted by molar-refractivity contribution is 9.10. The summed E-state index contributed by atoms with van der Waals surface area (Å²) in [6.07, 6.45) is 3.08. The molecular weight excluding hydrogens is 384 g/mol. The van der Waals surface area contributed by atoms with Crippen molar-refractivity contribution >= 4 is 45.0 Å². The Balaban J connectivity index is 2.52. The minimum absolute atomic E-state index is 0.0632. The molecule has 2 heterocycles. The molecule has 0 aliphatic rings. The average Bonchev–Trinajstić information content (AvgIpc) is 2.94. The van der Waals surface area contributed by atoms with Crippen LogP contribution >= 0.6 is 15.9 Å². The molecule has 0 aliphatic carbocycles. The van der Waals surface area contributed by atoms with Gasteiger partial charge in [0, 0.05) is 13.1 Å². The minimum atomic E-state index is -0.557. The second kappa shape index (κ2) is 7.27. The lowest BCUT2D eigenvalue weighted by atomic mass is 10.2. The number of hydrazone groups is 1. The number of hydrogen-bond donors (Lipinski definition) is 2. The van der Waals surface area contributed by atoms with Crippen LogP contribution in [0.1, 0.15) is 17.3 Å². The zero-order valence-electron chi connectivity index (χ0n) is 12.9. The molecule has 0 saturated carbocycles. The first-order chi connectivity index (χ1) is 11.4. The van der Waals surface area contributed by atoms with Gasteiger partial charge in [0.15, 0.2) is 18.1 Å². The molecule has 0 spiro atoms. The third kappa shape index (κ3) is 3.46. The average molecular weight is 399 g/mol. The summed E-state index contributed by atoms with van der Waals surface area (Å²) in [4.78, 5) is 27.0. The summed E-state index contributed by atoms with van der Waals surface area (Å²) in [5.41, 5.74) is 0.985. The van der Waals surface area contributed by atoms with Crippen LogP contribution in [0.4, 0.5) is 5.69 Å². The highest BCUT2D eigenvalue weighted by atomic mass is 79.9. The number of carbonyl (C=O) groups is 2. The highest BCUT2D eigenvalue weighted by Crippen LogP contribution is 2.25. The first-order valence-corrected chi connectivity index (χ1v) is 7.38. The van der Waals surface area contributed by atoms with E-state index < -0.39 is 11.9 Å². The van der Waals surface area contributed by atoms with Gasteiger partial charge in [-0.15, -0.1) is 0 Å². The Bertz CT molecular complexity index is 818. The van der Waals surface area contributed by atoms with Crippen molar-refractivity contribution in [3.63, 3.8) is 0 Å². The summed E-state index contributed by atoms with van der Waals surface area (Å²) in [5, 5.41) is 4.61. The van der Waals surface area contributed by atoms with Crippen LogP contribution in [0.25, 0.3) is 5.65 Å². The van der Waals surface area contributed by atoms with Crippen molar-refractivity contribution in [1.29, 1.82) is 0 Å². The van der Waals surface area contributed by atoms with Crippen LogP contribution in [0, 0.1) is 0 Å². The van der Waals surface area contributed by atoms with Crippen LogP contribution in [-0.2, 0) is 14.3 Å². The smallest absolute Gasteiger partial charge is 0.339 e. The number of hydrazine groups is 1.